The van der Waals surface area contributed by atoms with Crippen LogP contribution in [-0.2, 0) is 16.3 Å². The first-order valence-corrected chi connectivity index (χ1v) is 10.7. The quantitative estimate of drug-likeness (QED) is 0.539. The molecule has 0 saturated carbocycles. The van der Waals surface area contributed by atoms with Gasteiger partial charge in [0.1, 0.15) is 0 Å². The molecule has 7 heteroatoms. The van der Waals surface area contributed by atoms with Crippen LogP contribution >= 0.6 is 0 Å². The zero-order valence-electron chi connectivity index (χ0n) is 14.6. The van der Waals surface area contributed by atoms with Crippen LogP contribution in [0.2, 0.25) is 0 Å². The van der Waals surface area contributed by atoms with Gasteiger partial charge < -0.3 is 15.6 Å². The van der Waals surface area contributed by atoms with Gasteiger partial charge in [-0.2, -0.15) is 0 Å². The number of H-pyrrole nitrogens is 1. The molecule has 3 N–H and O–H groups in total. The summed E-state index contributed by atoms with van der Waals surface area (Å²) in [6.07, 6.45) is 3.67. The second-order valence-electron chi connectivity index (χ2n) is 6.52. The summed E-state index contributed by atoms with van der Waals surface area (Å²) in [6.45, 7) is 4.14. The van der Waals surface area contributed by atoms with Crippen molar-refractivity contribution in [2.24, 2.45) is 10.9 Å². The predicted molar refractivity (Wildman–Crippen MR) is 103 cm³/mol. The lowest BCUT2D eigenvalue weighted by Crippen LogP contribution is -2.38. The van der Waals surface area contributed by atoms with Gasteiger partial charge in [-0.3, -0.25) is 4.99 Å². The topological polar surface area (TPSA) is 86.3 Å². The Hall–Kier alpha value is -2.02. The number of hydrogen-bond acceptors (Lipinski definition) is 3. The second kappa shape index (κ2) is 7.91. The van der Waals surface area contributed by atoms with Gasteiger partial charge in [-0.05, 0) is 37.3 Å². The first-order chi connectivity index (χ1) is 12.1. The van der Waals surface area contributed by atoms with Crippen molar-refractivity contribution in [3.63, 3.8) is 0 Å². The van der Waals surface area contributed by atoms with E-state index in [1.165, 1.54) is 10.9 Å². The summed E-state index contributed by atoms with van der Waals surface area (Å²) in [5.41, 5.74) is 2.43. The van der Waals surface area contributed by atoms with Gasteiger partial charge in [0.15, 0.2) is 15.8 Å². The summed E-state index contributed by atoms with van der Waals surface area (Å²) in [5, 5.41) is 7.82. The van der Waals surface area contributed by atoms with Gasteiger partial charge in [-0.1, -0.05) is 18.2 Å². The van der Waals surface area contributed by atoms with E-state index in [0.29, 0.717) is 12.3 Å². The van der Waals surface area contributed by atoms with E-state index in [1.807, 2.05) is 19.1 Å². The van der Waals surface area contributed by atoms with Crippen LogP contribution in [-0.4, -0.2) is 50.5 Å². The third-order valence-electron chi connectivity index (χ3n) is 4.54. The molecule has 2 heterocycles. The summed E-state index contributed by atoms with van der Waals surface area (Å²) in [4.78, 5) is 7.86. The average Bonchev–Trinajstić information content (AvgIpc) is 3.16. The van der Waals surface area contributed by atoms with Gasteiger partial charge in [0.2, 0.25) is 0 Å². The van der Waals surface area contributed by atoms with Crippen molar-refractivity contribution in [2.45, 2.75) is 19.8 Å². The Bertz CT molecular complexity index is 842. The lowest BCUT2D eigenvalue weighted by atomic mass is 10.1. The van der Waals surface area contributed by atoms with Crippen LogP contribution in [0.25, 0.3) is 10.9 Å². The first kappa shape index (κ1) is 17.8. The van der Waals surface area contributed by atoms with Gasteiger partial charge in [0.25, 0.3) is 0 Å². The highest BCUT2D eigenvalue weighted by Gasteiger charge is 2.27. The number of nitrogens with zero attached hydrogens (tertiary/aromatic N) is 1. The maximum atomic E-state index is 11.5. The van der Waals surface area contributed by atoms with Gasteiger partial charge >= 0.3 is 0 Å². The normalized spacial score (nSPS) is 20.0. The molecule has 0 spiro atoms. The number of aromatic nitrogens is 1. The second-order valence-corrected chi connectivity index (χ2v) is 8.75. The molecule has 0 bridgehead atoms. The third-order valence-corrected chi connectivity index (χ3v) is 6.38. The van der Waals surface area contributed by atoms with Crippen molar-refractivity contribution in [2.75, 3.05) is 31.1 Å². The number of sulfone groups is 1. The van der Waals surface area contributed by atoms with Crippen molar-refractivity contribution < 1.29 is 8.42 Å². The van der Waals surface area contributed by atoms with E-state index in [4.69, 9.17) is 0 Å². The summed E-state index contributed by atoms with van der Waals surface area (Å²) < 4.78 is 23.1. The minimum Gasteiger partial charge on any atom is -0.361 e. The summed E-state index contributed by atoms with van der Waals surface area (Å²) in [7, 11) is -2.84. The van der Waals surface area contributed by atoms with E-state index in [0.717, 1.165) is 37.4 Å². The van der Waals surface area contributed by atoms with Crippen molar-refractivity contribution in [3.05, 3.63) is 36.0 Å². The van der Waals surface area contributed by atoms with E-state index >= 15 is 0 Å². The molecule has 6 nitrogen and oxygen atoms in total. The maximum Gasteiger partial charge on any atom is 0.191 e. The highest BCUT2D eigenvalue weighted by molar-refractivity contribution is 7.91. The molecule has 1 saturated heterocycles. The number of nitrogens with one attached hydrogen (secondary N) is 3. The molecule has 0 aliphatic carbocycles. The lowest BCUT2D eigenvalue weighted by molar-refractivity contribution is 0.589. The molecule has 1 aliphatic rings. The minimum atomic E-state index is -2.84. The molecule has 1 aromatic heterocycles. The SMILES string of the molecule is CCNC(=NCC1CCS(=O)(=O)C1)NCCc1c[nH]c2ccccc12. The Morgan fingerprint density at radius 2 is 2.16 bits per heavy atom. The number of hydrogen-bond donors (Lipinski definition) is 3. The van der Waals surface area contributed by atoms with Gasteiger partial charge in [-0.25, -0.2) is 8.42 Å². The molecule has 1 unspecified atom stereocenters. The Labute approximate surface area is 149 Å². The standard InChI is InChI=1S/C18H26N4O2S/c1-2-19-18(22-11-14-8-10-25(23,24)13-14)20-9-7-15-12-21-17-6-4-3-5-16(15)17/h3-6,12,14,21H,2,7-11,13H2,1H3,(H2,19,20,22). The largest absolute Gasteiger partial charge is 0.361 e. The van der Waals surface area contributed by atoms with Crippen LogP contribution in [0.5, 0.6) is 0 Å². The van der Waals surface area contributed by atoms with Gasteiger partial charge in [0.05, 0.1) is 11.5 Å². The Morgan fingerprint density at radius 3 is 2.92 bits per heavy atom. The summed E-state index contributed by atoms with van der Waals surface area (Å²) >= 11 is 0. The van der Waals surface area contributed by atoms with Crippen LogP contribution < -0.4 is 10.6 Å². The molecule has 25 heavy (non-hydrogen) atoms. The van der Waals surface area contributed by atoms with Crippen LogP contribution in [0.15, 0.2) is 35.5 Å². The van der Waals surface area contributed by atoms with Crippen molar-refractivity contribution in [1.29, 1.82) is 0 Å². The van der Waals surface area contributed by atoms with E-state index < -0.39 is 9.84 Å². The molecule has 1 aromatic carbocycles. The summed E-state index contributed by atoms with van der Waals surface area (Å²) in [5.74, 6) is 1.48. The first-order valence-electron chi connectivity index (χ1n) is 8.85. The fraction of sp³-hybridized carbons (Fsp3) is 0.500. The van der Waals surface area contributed by atoms with E-state index in [1.54, 1.807) is 0 Å². The molecule has 0 radical (unpaired) electrons. The number of benzene rings is 1. The summed E-state index contributed by atoms with van der Waals surface area (Å²) in [6, 6.07) is 8.28. The number of aromatic amines is 1. The molecule has 136 valence electrons. The smallest absolute Gasteiger partial charge is 0.191 e. The van der Waals surface area contributed by atoms with Crippen LogP contribution in [0.3, 0.4) is 0 Å². The van der Waals surface area contributed by atoms with Gasteiger partial charge in [0, 0.05) is 36.7 Å². The lowest BCUT2D eigenvalue weighted by Gasteiger charge is -2.12. The van der Waals surface area contributed by atoms with Gasteiger partial charge in [-0.15, -0.1) is 0 Å². The molecular formula is C18H26N4O2S. The van der Waals surface area contributed by atoms with Crippen LogP contribution in [0.4, 0.5) is 0 Å². The fourth-order valence-corrected chi connectivity index (χ4v) is 5.08. The van der Waals surface area contributed by atoms with Crippen LogP contribution in [0.1, 0.15) is 18.9 Å². The maximum absolute atomic E-state index is 11.5. The average molecular weight is 362 g/mol. The number of guanidine groups is 1. The minimum absolute atomic E-state index is 0.147. The zero-order chi connectivity index (χ0) is 17.7. The van der Waals surface area contributed by atoms with Crippen molar-refractivity contribution in [1.82, 2.24) is 15.6 Å². The number of aliphatic imine (C=N–C) groups is 1. The predicted octanol–water partition coefficient (Wildman–Crippen LogP) is 1.70. The molecule has 3 rings (SSSR count). The molecular weight excluding hydrogens is 336 g/mol. The highest BCUT2D eigenvalue weighted by Crippen LogP contribution is 2.19. The van der Waals surface area contributed by atoms with E-state index in [9.17, 15) is 8.42 Å². The third kappa shape index (κ3) is 4.75. The molecule has 2 aromatic rings. The molecule has 0 amide bonds. The number of fused-ring (bicyclic) bond motifs is 1. The zero-order valence-corrected chi connectivity index (χ0v) is 15.4. The Balaban J connectivity index is 1.54. The van der Waals surface area contributed by atoms with Crippen molar-refractivity contribution in [3.8, 4) is 0 Å². The molecule has 1 fully saturated rings. The monoisotopic (exact) mass is 362 g/mol. The van der Waals surface area contributed by atoms with E-state index in [-0.39, 0.29) is 11.7 Å². The van der Waals surface area contributed by atoms with E-state index in [2.05, 4.69) is 38.9 Å². The fourth-order valence-electron chi connectivity index (χ4n) is 3.23. The molecule has 1 atom stereocenters. The molecule has 1 aliphatic heterocycles. The van der Waals surface area contributed by atoms with Crippen molar-refractivity contribution >= 4 is 26.7 Å². The number of rotatable bonds is 6. The Kier molecular flexibility index (Phi) is 5.63. The van der Waals surface area contributed by atoms with Crippen LogP contribution in [0, 0.1) is 5.92 Å². The number of para-hydroxylation sites is 1. The highest BCUT2D eigenvalue weighted by atomic mass is 32.2. The Morgan fingerprint density at radius 1 is 1.32 bits per heavy atom.